The van der Waals surface area contributed by atoms with Crippen molar-refractivity contribution < 1.29 is 18.4 Å². The van der Waals surface area contributed by atoms with Crippen molar-refractivity contribution in [3.8, 4) is 0 Å². The molecular formula is C29H33N5O4. The Morgan fingerprint density at radius 3 is 2.74 bits per heavy atom. The molecule has 0 unspecified atom stereocenters. The summed E-state index contributed by atoms with van der Waals surface area (Å²) >= 11 is 0. The SMILES string of the molecule is CCCCC[C@H]1C[C@H](NCc2ccco2)C[C@@H]2[C@H]1C(=O)c1cc(CN=[N+]=[N-])ccc1N2C(=O)c1ccco1. The first-order chi connectivity index (χ1) is 18.6. The Hall–Kier alpha value is -3.81. The average Bonchev–Trinajstić information content (AvgIpc) is 3.66. The van der Waals surface area contributed by atoms with Gasteiger partial charge >= 0.3 is 0 Å². The van der Waals surface area contributed by atoms with Gasteiger partial charge in [-0.1, -0.05) is 37.4 Å². The van der Waals surface area contributed by atoms with Crippen LogP contribution in [0.3, 0.4) is 0 Å². The van der Waals surface area contributed by atoms with Crippen LogP contribution in [0.5, 0.6) is 0 Å². The number of furan rings is 2. The van der Waals surface area contributed by atoms with Gasteiger partial charge < -0.3 is 19.1 Å². The molecule has 1 saturated carbocycles. The predicted molar refractivity (Wildman–Crippen MR) is 143 cm³/mol. The van der Waals surface area contributed by atoms with Crippen LogP contribution in [0.1, 0.15) is 77.7 Å². The highest BCUT2D eigenvalue weighted by atomic mass is 16.3. The van der Waals surface area contributed by atoms with Crippen LogP contribution < -0.4 is 10.2 Å². The summed E-state index contributed by atoms with van der Waals surface area (Å²) in [5.74, 6) is 0.742. The second-order valence-electron chi connectivity index (χ2n) is 10.2. The number of carbonyl (C=O) groups excluding carboxylic acids is 2. The standard InChI is InChI=1S/C29H33N5O4/c1-2-3-4-7-20-15-21(31-18-22-8-5-12-37-22)16-25-27(20)28(35)23-14-19(17-32-33-30)10-11-24(23)34(25)29(36)26-9-6-13-38-26/h5-6,8-14,20-21,25,27,31H,2-4,7,15-18H2,1H3/t20-,21-,25+,27-/m0/s1. The van der Waals surface area contributed by atoms with Gasteiger partial charge in [0.1, 0.15) is 5.76 Å². The maximum atomic E-state index is 14.1. The Labute approximate surface area is 221 Å². The molecule has 1 aromatic carbocycles. The summed E-state index contributed by atoms with van der Waals surface area (Å²) in [6.45, 7) is 2.92. The van der Waals surface area contributed by atoms with Crippen LogP contribution in [-0.4, -0.2) is 23.8 Å². The topological polar surface area (TPSA) is 124 Å². The minimum atomic E-state index is -0.311. The Balaban J connectivity index is 1.53. The highest BCUT2D eigenvalue weighted by molar-refractivity contribution is 6.14. The van der Waals surface area contributed by atoms with Crippen molar-refractivity contribution in [2.45, 2.75) is 70.6 Å². The minimum absolute atomic E-state index is 0.0715. The van der Waals surface area contributed by atoms with E-state index in [4.69, 9.17) is 14.4 Å². The zero-order chi connectivity index (χ0) is 26.5. The quantitative estimate of drug-likeness (QED) is 0.140. The number of nitrogens with zero attached hydrogens (tertiary/aromatic N) is 4. The van der Waals surface area contributed by atoms with Gasteiger partial charge in [-0.25, -0.2) is 0 Å². The lowest BCUT2D eigenvalue weighted by atomic mass is 9.66. The maximum Gasteiger partial charge on any atom is 0.294 e. The maximum absolute atomic E-state index is 14.1. The fourth-order valence-corrected chi connectivity index (χ4v) is 6.13. The van der Waals surface area contributed by atoms with Crippen LogP contribution in [0.25, 0.3) is 10.4 Å². The molecule has 1 N–H and O–H groups in total. The van der Waals surface area contributed by atoms with Crippen LogP contribution in [0.4, 0.5) is 5.69 Å². The fourth-order valence-electron chi connectivity index (χ4n) is 6.13. The van der Waals surface area contributed by atoms with Crippen LogP contribution in [-0.2, 0) is 13.1 Å². The molecule has 198 valence electrons. The molecule has 9 nitrogen and oxygen atoms in total. The summed E-state index contributed by atoms with van der Waals surface area (Å²) in [5.41, 5.74) is 10.6. The van der Waals surface area contributed by atoms with Gasteiger partial charge in [-0.2, -0.15) is 0 Å². The Morgan fingerprint density at radius 1 is 1.16 bits per heavy atom. The van der Waals surface area contributed by atoms with Crippen LogP contribution in [0, 0.1) is 11.8 Å². The predicted octanol–water partition coefficient (Wildman–Crippen LogP) is 6.66. The molecule has 9 heteroatoms. The van der Waals surface area contributed by atoms with E-state index in [1.165, 1.54) is 6.26 Å². The molecule has 38 heavy (non-hydrogen) atoms. The van der Waals surface area contributed by atoms with Crippen LogP contribution >= 0.6 is 0 Å². The Kier molecular flexibility index (Phi) is 7.96. The van der Waals surface area contributed by atoms with E-state index in [-0.39, 0.29) is 47.9 Å². The Bertz CT molecular complexity index is 1300. The molecule has 2 aliphatic rings. The normalized spacial score (nSPS) is 22.4. The van der Waals surface area contributed by atoms with Crippen molar-refractivity contribution in [1.29, 1.82) is 0 Å². The van der Waals surface area contributed by atoms with Crippen molar-refractivity contribution in [3.05, 3.63) is 88.1 Å². The van der Waals surface area contributed by atoms with Gasteiger partial charge in [-0.05, 0) is 72.7 Å². The number of Topliss-reactive ketones (excluding diaryl/α,β-unsaturated/α-hetero) is 1. The number of hydrogen-bond acceptors (Lipinski definition) is 6. The third-order valence-electron chi connectivity index (χ3n) is 7.85. The highest BCUT2D eigenvalue weighted by Gasteiger charge is 2.50. The first kappa shape index (κ1) is 25.8. The second kappa shape index (κ2) is 11.7. The van der Waals surface area contributed by atoms with E-state index >= 15 is 0 Å². The van der Waals surface area contributed by atoms with E-state index in [2.05, 4.69) is 22.3 Å². The molecule has 0 spiro atoms. The highest BCUT2D eigenvalue weighted by Crippen LogP contribution is 2.46. The lowest BCUT2D eigenvalue weighted by molar-refractivity contribution is 0.0686. The fraction of sp³-hybridized carbons (Fsp3) is 0.448. The first-order valence-corrected chi connectivity index (χ1v) is 13.4. The summed E-state index contributed by atoms with van der Waals surface area (Å²) in [5, 5.41) is 7.30. The molecule has 1 amide bonds. The van der Waals surface area contributed by atoms with Gasteiger partial charge in [-0.3, -0.25) is 9.59 Å². The number of hydrogen-bond donors (Lipinski definition) is 1. The first-order valence-electron chi connectivity index (χ1n) is 13.4. The molecule has 1 aliphatic carbocycles. The van der Waals surface area contributed by atoms with Gasteiger partial charge in [0, 0.05) is 28.5 Å². The molecule has 1 fully saturated rings. The molecule has 4 atom stereocenters. The van der Waals surface area contributed by atoms with Crippen molar-refractivity contribution in [3.63, 3.8) is 0 Å². The number of unbranched alkanes of at least 4 members (excludes halogenated alkanes) is 2. The molecule has 3 aromatic rings. The number of carbonyl (C=O) groups is 2. The summed E-state index contributed by atoms with van der Waals surface area (Å²) in [6, 6.07) is 12.4. The van der Waals surface area contributed by atoms with Gasteiger partial charge in [-0.15, -0.1) is 0 Å². The molecule has 3 heterocycles. The zero-order valence-electron chi connectivity index (χ0n) is 21.6. The Morgan fingerprint density at radius 2 is 2.00 bits per heavy atom. The number of azide groups is 1. The monoisotopic (exact) mass is 515 g/mol. The molecule has 0 radical (unpaired) electrons. The minimum Gasteiger partial charge on any atom is -0.468 e. The van der Waals surface area contributed by atoms with Crippen LogP contribution in [0.15, 0.2) is 68.9 Å². The summed E-state index contributed by atoms with van der Waals surface area (Å²) in [7, 11) is 0. The number of anilines is 1. The molecule has 5 rings (SSSR count). The van der Waals surface area contributed by atoms with Gasteiger partial charge in [0.2, 0.25) is 0 Å². The summed E-state index contributed by atoms with van der Waals surface area (Å²) in [6.07, 6.45) is 8.83. The molecule has 2 aromatic heterocycles. The smallest absolute Gasteiger partial charge is 0.294 e. The van der Waals surface area contributed by atoms with Gasteiger partial charge in [0.25, 0.3) is 5.91 Å². The number of ketones is 1. The average molecular weight is 516 g/mol. The molecule has 0 saturated heterocycles. The van der Waals surface area contributed by atoms with Crippen molar-refractivity contribution in [2.75, 3.05) is 4.90 Å². The lowest BCUT2D eigenvalue weighted by Crippen LogP contribution is -2.59. The van der Waals surface area contributed by atoms with Gasteiger partial charge in [0.15, 0.2) is 11.5 Å². The number of amides is 1. The number of fused-ring (bicyclic) bond motifs is 2. The number of benzene rings is 1. The van der Waals surface area contributed by atoms with Crippen LogP contribution in [0.2, 0.25) is 0 Å². The van der Waals surface area contributed by atoms with E-state index in [9.17, 15) is 9.59 Å². The van der Waals surface area contributed by atoms with E-state index in [0.29, 0.717) is 24.2 Å². The zero-order valence-corrected chi connectivity index (χ0v) is 21.6. The van der Waals surface area contributed by atoms with Crippen molar-refractivity contribution in [1.82, 2.24) is 5.32 Å². The summed E-state index contributed by atoms with van der Waals surface area (Å²) in [4.78, 5) is 32.6. The third kappa shape index (κ3) is 5.26. The third-order valence-corrected chi connectivity index (χ3v) is 7.85. The van der Waals surface area contributed by atoms with E-state index in [0.717, 1.165) is 43.4 Å². The molecular weight excluding hydrogens is 482 g/mol. The lowest BCUT2D eigenvalue weighted by Gasteiger charge is -2.49. The molecule has 0 bridgehead atoms. The van der Waals surface area contributed by atoms with Crippen molar-refractivity contribution >= 4 is 17.4 Å². The van der Waals surface area contributed by atoms with Gasteiger partial charge in [0.05, 0.1) is 31.3 Å². The summed E-state index contributed by atoms with van der Waals surface area (Å²) < 4.78 is 11.0. The van der Waals surface area contributed by atoms with E-state index in [1.54, 1.807) is 35.4 Å². The number of nitrogens with one attached hydrogen (secondary N) is 1. The molecule has 1 aliphatic heterocycles. The largest absolute Gasteiger partial charge is 0.468 e. The van der Waals surface area contributed by atoms with E-state index in [1.807, 2.05) is 18.2 Å². The number of rotatable bonds is 10. The van der Waals surface area contributed by atoms with E-state index < -0.39 is 0 Å². The second-order valence-corrected chi connectivity index (χ2v) is 10.2. The van der Waals surface area contributed by atoms with Crippen molar-refractivity contribution in [2.24, 2.45) is 17.0 Å².